The van der Waals surface area contributed by atoms with Gasteiger partial charge in [-0.25, -0.2) is 0 Å². The van der Waals surface area contributed by atoms with E-state index in [1.807, 2.05) is 6.92 Å². The second kappa shape index (κ2) is 11.0. The van der Waals surface area contributed by atoms with Crippen LogP contribution in [0.1, 0.15) is 29.2 Å². The van der Waals surface area contributed by atoms with Gasteiger partial charge in [0.15, 0.2) is 0 Å². The third-order valence-corrected chi connectivity index (χ3v) is 7.18. The highest BCUT2D eigenvalue weighted by molar-refractivity contribution is 6.46. The summed E-state index contributed by atoms with van der Waals surface area (Å²) in [4.78, 5) is 30.2. The number of aliphatic hydroxyl groups excluding tert-OH is 1. The van der Waals surface area contributed by atoms with Crippen LogP contribution in [0.5, 0.6) is 5.75 Å². The average Bonchev–Trinajstić information content (AvgIpc) is 3.11. The van der Waals surface area contributed by atoms with E-state index in [-0.39, 0.29) is 11.3 Å². The Balaban J connectivity index is 1.71. The lowest BCUT2D eigenvalue weighted by atomic mass is 9.94. The molecule has 0 aliphatic carbocycles. The SMILES string of the molecule is COc1ccc(/C(O)=C2\C(=O)C(=O)N(CCCN3CCOCC3)[C@H]2c2ccc(Cl)c(Cl)c2)cc1C. The van der Waals surface area contributed by atoms with E-state index in [1.54, 1.807) is 43.5 Å². The Hall–Kier alpha value is -2.58. The minimum Gasteiger partial charge on any atom is -0.507 e. The first-order valence-electron chi connectivity index (χ1n) is 11.5. The zero-order chi connectivity index (χ0) is 25.1. The van der Waals surface area contributed by atoms with Gasteiger partial charge in [0, 0.05) is 31.7 Å². The lowest BCUT2D eigenvalue weighted by Crippen LogP contribution is -2.38. The molecule has 186 valence electrons. The summed E-state index contributed by atoms with van der Waals surface area (Å²) in [5.41, 5.74) is 1.86. The third-order valence-electron chi connectivity index (χ3n) is 6.44. The lowest BCUT2D eigenvalue weighted by Gasteiger charge is -2.29. The summed E-state index contributed by atoms with van der Waals surface area (Å²) >= 11 is 12.4. The number of carbonyl (C=O) groups is 2. The van der Waals surface area contributed by atoms with Crippen molar-refractivity contribution in [3.63, 3.8) is 0 Å². The Bertz CT molecular complexity index is 1160. The number of hydrogen-bond acceptors (Lipinski definition) is 6. The molecule has 4 rings (SSSR count). The molecule has 2 aliphatic rings. The number of rotatable bonds is 7. The fraction of sp³-hybridized carbons (Fsp3) is 0.385. The molecule has 7 nitrogen and oxygen atoms in total. The van der Waals surface area contributed by atoms with Gasteiger partial charge in [-0.05, 0) is 54.8 Å². The Morgan fingerprint density at radius 2 is 1.83 bits per heavy atom. The maximum absolute atomic E-state index is 13.2. The molecule has 0 saturated carbocycles. The van der Waals surface area contributed by atoms with Crippen LogP contribution < -0.4 is 4.74 Å². The van der Waals surface area contributed by atoms with Gasteiger partial charge in [0.05, 0.1) is 42.0 Å². The number of benzene rings is 2. The van der Waals surface area contributed by atoms with Crippen molar-refractivity contribution in [2.75, 3.05) is 46.5 Å². The number of Topliss-reactive ketones (excluding diaryl/α,β-unsaturated/α-hetero) is 1. The molecule has 0 bridgehead atoms. The number of carbonyl (C=O) groups excluding carboxylic acids is 2. The van der Waals surface area contributed by atoms with Crippen LogP contribution in [0.3, 0.4) is 0 Å². The van der Waals surface area contributed by atoms with Crippen LogP contribution in [0, 0.1) is 6.92 Å². The van der Waals surface area contributed by atoms with Crippen LogP contribution in [0.15, 0.2) is 42.0 Å². The first-order valence-corrected chi connectivity index (χ1v) is 12.3. The van der Waals surface area contributed by atoms with E-state index < -0.39 is 17.7 Å². The van der Waals surface area contributed by atoms with Crippen molar-refractivity contribution in [2.24, 2.45) is 0 Å². The number of nitrogens with zero attached hydrogens (tertiary/aromatic N) is 2. The molecule has 2 fully saturated rings. The maximum Gasteiger partial charge on any atom is 0.295 e. The molecule has 2 aliphatic heterocycles. The molecule has 0 aromatic heterocycles. The molecule has 2 aromatic rings. The Labute approximate surface area is 214 Å². The number of aryl methyl sites for hydroxylation is 1. The molecule has 1 amide bonds. The van der Waals surface area contributed by atoms with Crippen molar-refractivity contribution >= 4 is 40.7 Å². The molecule has 0 unspecified atom stereocenters. The zero-order valence-corrected chi connectivity index (χ0v) is 21.2. The molecular weight excluding hydrogens is 491 g/mol. The number of hydrogen-bond donors (Lipinski definition) is 1. The van der Waals surface area contributed by atoms with Crippen LogP contribution in [-0.2, 0) is 14.3 Å². The number of ether oxygens (including phenoxy) is 2. The van der Waals surface area contributed by atoms with Crippen molar-refractivity contribution in [3.05, 3.63) is 68.7 Å². The molecule has 2 heterocycles. The van der Waals surface area contributed by atoms with Gasteiger partial charge in [-0.3, -0.25) is 14.5 Å². The Morgan fingerprint density at radius 1 is 1.09 bits per heavy atom. The molecule has 1 atom stereocenters. The monoisotopic (exact) mass is 518 g/mol. The smallest absolute Gasteiger partial charge is 0.295 e. The number of likely N-dealkylation sites (tertiary alicyclic amines) is 1. The number of halogens is 2. The van der Waals surface area contributed by atoms with Crippen molar-refractivity contribution in [2.45, 2.75) is 19.4 Å². The van der Waals surface area contributed by atoms with Crippen LogP contribution >= 0.6 is 23.2 Å². The molecule has 1 N–H and O–H groups in total. The van der Waals surface area contributed by atoms with E-state index in [4.69, 9.17) is 32.7 Å². The normalized spacial score (nSPS) is 20.5. The summed E-state index contributed by atoms with van der Waals surface area (Å²) < 4.78 is 10.7. The highest BCUT2D eigenvalue weighted by Crippen LogP contribution is 2.41. The van der Waals surface area contributed by atoms with Crippen LogP contribution in [0.2, 0.25) is 10.0 Å². The van der Waals surface area contributed by atoms with Gasteiger partial charge in [-0.2, -0.15) is 0 Å². The predicted octanol–water partition coefficient (Wildman–Crippen LogP) is 4.45. The second-order valence-electron chi connectivity index (χ2n) is 8.66. The number of morpholine rings is 1. The summed E-state index contributed by atoms with van der Waals surface area (Å²) in [6, 6.07) is 9.33. The van der Waals surface area contributed by atoms with Gasteiger partial charge in [0.25, 0.3) is 11.7 Å². The van der Waals surface area contributed by atoms with Gasteiger partial charge >= 0.3 is 0 Å². The van der Waals surface area contributed by atoms with Crippen LogP contribution in [-0.4, -0.2) is 73.1 Å². The molecule has 2 aromatic carbocycles. The number of ketones is 1. The lowest BCUT2D eigenvalue weighted by molar-refractivity contribution is -0.140. The highest BCUT2D eigenvalue weighted by Gasteiger charge is 2.46. The Morgan fingerprint density at radius 3 is 2.49 bits per heavy atom. The molecule has 9 heteroatoms. The van der Waals surface area contributed by atoms with Crippen molar-refractivity contribution < 1.29 is 24.2 Å². The molecular formula is C26H28Cl2N2O5. The fourth-order valence-corrected chi connectivity index (χ4v) is 4.92. The minimum absolute atomic E-state index is 0.0318. The van der Waals surface area contributed by atoms with Gasteiger partial charge < -0.3 is 19.5 Å². The molecule has 0 spiro atoms. The van der Waals surface area contributed by atoms with E-state index in [2.05, 4.69) is 4.90 Å². The van der Waals surface area contributed by atoms with Crippen molar-refractivity contribution in [1.29, 1.82) is 0 Å². The number of amides is 1. The third kappa shape index (κ3) is 5.33. The summed E-state index contributed by atoms with van der Waals surface area (Å²) in [6.07, 6.45) is 0.673. The quantitative estimate of drug-likeness (QED) is 0.331. The predicted molar refractivity (Wildman–Crippen MR) is 135 cm³/mol. The van der Waals surface area contributed by atoms with Crippen LogP contribution in [0.4, 0.5) is 0 Å². The van der Waals surface area contributed by atoms with Gasteiger partial charge in [0.1, 0.15) is 11.5 Å². The van der Waals surface area contributed by atoms with E-state index in [0.717, 1.165) is 25.2 Å². The van der Waals surface area contributed by atoms with Crippen LogP contribution in [0.25, 0.3) is 5.76 Å². The number of aliphatic hydroxyl groups is 1. The molecule has 2 saturated heterocycles. The first-order chi connectivity index (χ1) is 16.8. The summed E-state index contributed by atoms with van der Waals surface area (Å²) in [5.74, 6) is -0.944. The van der Waals surface area contributed by atoms with E-state index in [1.165, 1.54) is 4.90 Å². The Kier molecular flexibility index (Phi) is 8.02. The summed E-state index contributed by atoms with van der Waals surface area (Å²) in [5, 5.41) is 11.9. The highest BCUT2D eigenvalue weighted by atomic mass is 35.5. The first kappa shape index (κ1) is 25.5. The van der Waals surface area contributed by atoms with E-state index in [9.17, 15) is 14.7 Å². The van der Waals surface area contributed by atoms with Crippen molar-refractivity contribution in [3.8, 4) is 5.75 Å². The van der Waals surface area contributed by atoms with Gasteiger partial charge in [0.2, 0.25) is 0 Å². The minimum atomic E-state index is -0.781. The van der Waals surface area contributed by atoms with Gasteiger partial charge in [-0.1, -0.05) is 29.3 Å². The summed E-state index contributed by atoms with van der Waals surface area (Å²) in [6.45, 7) is 6.03. The fourth-order valence-electron chi connectivity index (χ4n) is 4.61. The van der Waals surface area contributed by atoms with Gasteiger partial charge in [-0.15, -0.1) is 0 Å². The second-order valence-corrected chi connectivity index (χ2v) is 9.47. The average molecular weight is 519 g/mol. The topological polar surface area (TPSA) is 79.3 Å². The largest absolute Gasteiger partial charge is 0.507 e. The zero-order valence-electron chi connectivity index (χ0n) is 19.7. The van der Waals surface area contributed by atoms with E-state index >= 15 is 0 Å². The van der Waals surface area contributed by atoms with E-state index in [0.29, 0.717) is 53.1 Å². The molecule has 35 heavy (non-hydrogen) atoms. The maximum atomic E-state index is 13.2. The number of methoxy groups -OCH3 is 1. The molecule has 0 radical (unpaired) electrons. The summed E-state index contributed by atoms with van der Waals surface area (Å²) in [7, 11) is 1.56. The standard InChI is InChI=1S/C26H28Cl2N2O5/c1-16-14-18(5-7-21(16)34-2)24(31)22-23(17-4-6-19(27)20(28)15-17)30(26(33)25(22)32)9-3-8-29-10-12-35-13-11-29/h4-7,14-15,23,31H,3,8-13H2,1-2H3/b24-22+/t23-/m0/s1. The van der Waals surface area contributed by atoms with Crippen molar-refractivity contribution in [1.82, 2.24) is 9.80 Å².